The van der Waals surface area contributed by atoms with Crippen molar-refractivity contribution in [2.75, 3.05) is 33.4 Å². The van der Waals surface area contributed by atoms with Crippen LogP contribution in [-0.2, 0) is 9.47 Å². The van der Waals surface area contributed by atoms with Crippen molar-refractivity contribution in [2.24, 2.45) is 0 Å². The molecule has 1 amide bonds. The number of rotatable bonds is 4. The molecule has 1 aliphatic rings. The molecular weight excluding hydrogens is 198 g/mol. The number of nitrogens with zero attached hydrogens (tertiary/aromatic N) is 1. The van der Waals surface area contributed by atoms with Crippen LogP contribution in [0.3, 0.4) is 0 Å². The predicted octanol–water partition coefficient (Wildman–Crippen LogP) is 0.616. The highest BCUT2D eigenvalue weighted by Gasteiger charge is 2.19. The second-order valence-electron chi connectivity index (χ2n) is 3.71. The van der Waals surface area contributed by atoms with E-state index in [-0.39, 0.29) is 19.3 Å². The number of carbonyl (C=O) groups excluding carboxylic acids is 1. The van der Waals surface area contributed by atoms with Gasteiger partial charge in [-0.1, -0.05) is 0 Å². The molecule has 0 aromatic heterocycles. The van der Waals surface area contributed by atoms with E-state index in [2.05, 4.69) is 0 Å². The smallest absolute Gasteiger partial charge is 0.409 e. The van der Waals surface area contributed by atoms with Crippen molar-refractivity contribution in [3.05, 3.63) is 0 Å². The van der Waals surface area contributed by atoms with Gasteiger partial charge >= 0.3 is 6.09 Å². The molecule has 0 bridgehead atoms. The largest absolute Gasteiger partial charge is 0.447 e. The molecule has 1 unspecified atom stereocenters. The van der Waals surface area contributed by atoms with Gasteiger partial charge in [-0.2, -0.15) is 0 Å². The van der Waals surface area contributed by atoms with Crippen molar-refractivity contribution in [1.82, 2.24) is 4.90 Å². The van der Waals surface area contributed by atoms with E-state index in [4.69, 9.17) is 14.6 Å². The van der Waals surface area contributed by atoms with Crippen LogP contribution >= 0.6 is 0 Å². The van der Waals surface area contributed by atoms with Crippen molar-refractivity contribution in [3.63, 3.8) is 0 Å². The number of ether oxygens (including phenoxy) is 2. The summed E-state index contributed by atoms with van der Waals surface area (Å²) in [5.41, 5.74) is 0. The van der Waals surface area contributed by atoms with Crippen LogP contribution in [0.25, 0.3) is 0 Å². The summed E-state index contributed by atoms with van der Waals surface area (Å²) >= 11 is 0. The summed E-state index contributed by atoms with van der Waals surface area (Å²) in [7, 11) is 1.68. The molecule has 0 aliphatic carbocycles. The number of hydrogen-bond donors (Lipinski definition) is 1. The van der Waals surface area contributed by atoms with Crippen molar-refractivity contribution in [3.8, 4) is 0 Å². The fourth-order valence-electron chi connectivity index (χ4n) is 1.57. The third-order valence-corrected chi connectivity index (χ3v) is 2.38. The number of aliphatic hydroxyl groups excluding tert-OH is 1. The fourth-order valence-corrected chi connectivity index (χ4v) is 1.57. The normalized spacial score (nSPS) is 21.1. The van der Waals surface area contributed by atoms with Gasteiger partial charge in [0, 0.05) is 20.2 Å². The van der Waals surface area contributed by atoms with Gasteiger partial charge in [0.25, 0.3) is 0 Å². The molecule has 88 valence electrons. The molecular formula is C10H19NO4. The Bertz CT molecular complexity index is 192. The molecule has 0 aromatic carbocycles. The van der Waals surface area contributed by atoms with Crippen molar-refractivity contribution < 1.29 is 19.4 Å². The zero-order chi connectivity index (χ0) is 11.1. The first-order chi connectivity index (χ1) is 7.24. The average molecular weight is 217 g/mol. The average Bonchev–Trinajstić information content (AvgIpc) is 2.27. The minimum atomic E-state index is -0.404. The van der Waals surface area contributed by atoms with Gasteiger partial charge in [-0.25, -0.2) is 4.79 Å². The summed E-state index contributed by atoms with van der Waals surface area (Å²) in [6, 6.07) is 0. The summed E-state index contributed by atoms with van der Waals surface area (Å²) in [6.07, 6.45) is 2.99. The summed E-state index contributed by atoms with van der Waals surface area (Å²) in [5, 5.41) is 8.50. The molecule has 1 aliphatic heterocycles. The Labute approximate surface area is 90.0 Å². The standard InChI is InChI=1S/C10H19NO4/c1-11(10(13)15-7-5-12)8-9-4-2-3-6-14-9/h9,12H,2-8H2,1H3. The van der Waals surface area contributed by atoms with E-state index < -0.39 is 6.09 Å². The van der Waals surface area contributed by atoms with Gasteiger partial charge in [-0.05, 0) is 19.3 Å². The zero-order valence-corrected chi connectivity index (χ0v) is 9.15. The summed E-state index contributed by atoms with van der Waals surface area (Å²) < 4.78 is 10.3. The number of amides is 1. The van der Waals surface area contributed by atoms with E-state index in [1.807, 2.05) is 0 Å². The van der Waals surface area contributed by atoms with Crippen LogP contribution in [0.4, 0.5) is 4.79 Å². The van der Waals surface area contributed by atoms with Crippen molar-refractivity contribution >= 4 is 6.09 Å². The minimum Gasteiger partial charge on any atom is -0.447 e. The Morgan fingerprint density at radius 3 is 3.00 bits per heavy atom. The lowest BCUT2D eigenvalue weighted by molar-refractivity contribution is -0.00339. The van der Waals surface area contributed by atoms with E-state index in [1.165, 1.54) is 4.90 Å². The molecule has 0 aromatic rings. The Morgan fingerprint density at radius 2 is 2.40 bits per heavy atom. The fraction of sp³-hybridized carbons (Fsp3) is 0.900. The van der Waals surface area contributed by atoms with Crippen LogP contribution in [0.1, 0.15) is 19.3 Å². The molecule has 0 saturated carbocycles. The van der Waals surface area contributed by atoms with Crippen molar-refractivity contribution in [2.45, 2.75) is 25.4 Å². The van der Waals surface area contributed by atoms with Gasteiger partial charge in [0.1, 0.15) is 6.61 Å². The van der Waals surface area contributed by atoms with E-state index in [0.717, 1.165) is 25.9 Å². The Kier molecular flexibility index (Phi) is 5.42. The third kappa shape index (κ3) is 4.48. The lowest BCUT2D eigenvalue weighted by Gasteiger charge is -2.26. The molecule has 1 fully saturated rings. The van der Waals surface area contributed by atoms with Gasteiger partial charge in [-0.15, -0.1) is 0 Å². The van der Waals surface area contributed by atoms with E-state index >= 15 is 0 Å². The van der Waals surface area contributed by atoms with E-state index in [9.17, 15) is 4.79 Å². The number of likely N-dealkylation sites (N-methyl/N-ethyl adjacent to an activating group) is 1. The van der Waals surface area contributed by atoms with Crippen LogP contribution in [0.5, 0.6) is 0 Å². The van der Waals surface area contributed by atoms with Crippen LogP contribution in [0.2, 0.25) is 0 Å². The first-order valence-corrected chi connectivity index (χ1v) is 5.34. The molecule has 5 nitrogen and oxygen atoms in total. The molecule has 1 heterocycles. The maximum Gasteiger partial charge on any atom is 0.409 e. The second kappa shape index (κ2) is 6.63. The molecule has 1 N–H and O–H groups in total. The molecule has 5 heteroatoms. The second-order valence-corrected chi connectivity index (χ2v) is 3.71. The molecule has 1 rings (SSSR count). The van der Waals surface area contributed by atoms with E-state index in [0.29, 0.717) is 6.54 Å². The predicted molar refractivity (Wildman–Crippen MR) is 54.7 cm³/mol. The maximum absolute atomic E-state index is 11.3. The van der Waals surface area contributed by atoms with Gasteiger partial charge in [0.2, 0.25) is 0 Å². The first kappa shape index (κ1) is 12.3. The van der Waals surface area contributed by atoms with Crippen LogP contribution in [0.15, 0.2) is 0 Å². The summed E-state index contributed by atoms with van der Waals surface area (Å²) in [5.74, 6) is 0. The summed E-state index contributed by atoms with van der Waals surface area (Å²) in [6.45, 7) is 1.25. The highest BCUT2D eigenvalue weighted by atomic mass is 16.6. The topological polar surface area (TPSA) is 59.0 Å². The minimum absolute atomic E-state index is 0.0503. The lowest BCUT2D eigenvalue weighted by atomic mass is 10.1. The summed E-state index contributed by atoms with van der Waals surface area (Å²) in [4.78, 5) is 12.8. The Hall–Kier alpha value is -0.810. The highest BCUT2D eigenvalue weighted by molar-refractivity contribution is 5.67. The molecule has 0 spiro atoms. The van der Waals surface area contributed by atoms with Gasteiger partial charge in [-0.3, -0.25) is 0 Å². The number of aliphatic hydroxyl groups is 1. The quantitative estimate of drug-likeness (QED) is 0.749. The first-order valence-electron chi connectivity index (χ1n) is 5.34. The third-order valence-electron chi connectivity index (χ3n) is 2.38. The lowest BCUT2D eigenvalue weighted by Crippen LogP contribution is -2.37. The van der Waals surface area contributed by atoms with Crippen LogP contribution < -0.4 is 0 Å². The number of hydrogen-bond acceptors (Lipinski definition) is 4. The van der Waals surface area contributed by atoms with Crippen LogP contribution in [0, 0.1) is 0 Å². The van der Waals surface area contributed by atoms with Gasteiger partial charge in [0.15, 0.2) is 0 Å². The maximum atomic E-state index is 11.3. The van der Waals surface area contributed by atoms with E-state index in [1.54, 1.807) is 7.05 Å². The molecule has 15 heavy (non-hydrogen) atoms. The number of carbonyl (C=O) groups is 1. The highest BCUT2D eigenvalue weighted by Crippen LogP contribution is 2.13. The zero-order valence-electron chi connectivity index (χ0n) is 9.15. The molecule has 0 radical (unpaired) electrons. The monoisotopic (exact) mass is 217 g/mol. The van der Waals surface area contributed by atoms with Gasteiger partial charge < -0.3 is 19.5 Å². The molecule has 1 saturated heterocycles. The van der Waals surface area contributed by atoms with Crippen LogP contribution in [-0.4, -0.2) is 55.6 Å². The Balaban J connectivity index is 2.20. The SMILES string of the molecule is CN(CC1CCCCO1)C(=O)OCCO. The van der Waals surface area contributed by atoms with Crippen molar-refractivity contribution in [1.29, 1.82) is 0 Å². The van der Waals surface area contributed by atoms with Gasteiger partial charge in [0.05, 0.1) is 12.7 Å². The molecule has 1 atom stereocenters. The Morgan fingerprint density at radius 1 is 1.60 bits per heavy atom.